The van der Waals surface area contributed by atoms with Gasteiger partial charge >= 0.3 is 0 Å². The summed E-state index contributed by atoms with van der Waals surface area (Å²) >= 11 is 0. The molecule has 2 aromatic rings. The lowest BCUT2D eigenvalue weighted by Gasteiger charge is -2.17. The molecule has 1 aromatic heterocycles. The Hall–Kier alpha value is -2.33. The fraction of sp³-hybridized carbons (Fsp3) is 0.385. The quantitative estimate of drug-likeness (QED) is 0.749. The van der Waals surface area contributed by atoms with Crippen LogP contribution in [-0.2, 0) is 34.8 Å². The van der Waals surface area contributed by atoms with Gasteiger partial charge in [0.25, 0.3) is 0 Å². The summed E-state index contributed by atoms with van der Waals surface area (Å²) in [6, 6.07) is 4.72. The molecule has 1 aliphatic rings. The van der Waals surface area contributed by atoms with E-state index in [1.807, 2.05) is 0 Å². The van der Waals surface area contributed by atoms with Gasteiger partial charge in [0.1, 0.15) is 0 Å². The molecule has 23 heavy (non-hydrogen) atoms. The maximum atomic E-state index is 12.7. The van der Waals surface area contributed by atoms with Gasteiger partial charge in [-0.3, -0.25) is 4.79 Å². The minimum absolute atomic E-state index is 0.0481. The predicted molar refractivity (Wildman–Crippen MR) is 81.0 cm³/mol. The second-order valence-electron chi connectivity index (χ2n) is 5.40. The van der Waals surface area contributed by atoms with E-state index in [1.54, 1.807) is 26.2 Å². The van der Waals surface area contributed by atoms with Gasteiger partial charge in [-0.2, -0.15) is 4.31 Å². The number of aromatic nitrogens is 4. The van der Waals surface area contributed by atoms with Gasteiger partial charge < -0.3 is 4.90 Å². The van der Waals surface area contributed by atoms with E-state index < -0.39 is 10.0 Å². The van der Waals surface area contributed by atoms with E-state index in [2.05, 4.69) is 15.5 Å². The van der Waals surface area contributed by atoms with E-state index in [0.717, 1.165) is 5.69 Å². The number of tetrazole rings is 1. The van der Waals surface area contributed by atoms with Crippen molar-refractivity contribution >= 4 is 21.6 Å². The third-order valence-electron chi connectivity index (χ3n) is 3.91. The predicted octanol–water partition coefficient (Wildman–Crippen LogP) is -0.450. The van der Waals surface area contributed by atoms with E-state index in [4.69, 9.17) is 0 Å². The Bertz CT molecular complexity index is 876. The molecule has 0 atom stereocenters. The van der Waals surface area contributed by atoms with Crippen LogP contribution in [0.15, 0.2) is 23.1 Å². The molecule has 1 aliphatic heterocycles. The van der Waals surface area contributed by atoms with Crippen LogP contribution in [0.4, 0.5) is 5.69 Å². The van der Waals surface area contributed by atoms with Crippen molar-refractivity contribution in [3.63, 3.8) is 0 Å². The number of aryl methyl sites for hydroxylation is 1. The fourth-order valence-corrected chi connectivity index (χ4v) is 3.63. The van der Waals surface area contributed by atoms with E-state index in [1.165, 1.54) is 27.0 Å². The second-order valence-corrected chi connectivity index (χ2v) is 7.44. The molecule has 0 saturated heterocycles. The lowest BCUT2D eigenvalue weighted by atomic mass is 10.2. The number of hydrogen-bond acceptors (Lipinski definition) is 6. The summed E-state index contributed by atoms with van der Waals surface area (Å²) in [7, 11) is 1.09. The molecule has 10 heteroatoms. The summed E-state index contributed by atoms with van der Waals surface area (Å²) in [5.74, 6) is 0.389. The average molecular weight is 336 g/mol. The molecule has 0 saturated carbocycles. The summed E-state index contributed by atoms with van der Waals surface area (Å²) in [6.07, 6.45) is 0.214. The van der Waals surface area contributed by atoms with Crippen LogP contribution in [0.3, 0.4) is 0 Å². The van der Waals surface area contributed by atoms with Crippen LogP contribution in [0.25, 0.3) is 0 Å². The Balaban J connectivity index is 1.90. The molecule has 1 aromatic carbocycles. The third-order valence-corrected chi connectivity index (χ3v) is 5.71. The number of amides is 1. The number of hydrogen-bond donors (Lipinski definition) is 0. The summed E-state index contributed by atoms with van der Waals surface area (Å²) in [6.45, 7) is 0.0573. The lowest BCUT2D eigenvalue weighted by molar-refractivity contribution is -0.117. The largest absolute Gasteiger partial charge is 0.315 e. The first-order chi connectivity index (χ1) is 10.8. The average Bonchev–Trinajstić information content (AvgIpc) is 3.03. The second kappa shape index (κ2) is 5.39. The molecule has 2 heterocycles. The Labute approximate surface area is 133 Å². The standard InChI is InChI=1S/C13H16N6O3S/c1-17(8-12-14-15-16-19(12)3)23(21,22)10-4-5-11-9(6-10)7-13(20)18(11)2/h4-6H,7-8H2,1-3H3. The van der Waals surface area contributed by atoms with E-state index in [0.29, 0.717) is 11.4 Å². The van der Waals surface area contributed by atoms with E-state index in [9.17, 15) is 13.2 Å². The van der Waals surface area contributed by atoms with Crippen molar-refractivity contribution in [3.05, 3.63) is 29.6 Å². The van der Waals surface area contributed by atoms with Crippen molar-refractivity contribution in [2.45, 2.75) is 17.9 Å². The summed E-state index contributed by atoms with van der Waals surface area (Å²) in [5, 5.41) is 11.0. The number of anilines is 1. The van der Waals surface area contributed by atoms with Gasteiger partial charge in [0.2, 0.25) is 15.9 Å². The molecule has 0 N–H and O–H groups in total. The molecule has 0 radical (unpaired) electrons. The zero-order valence-electron chi connectivity index (χ0n) is 13.0. The maximum Gasteiger partial charge on any atom is 0.243 e. The first-order valence-electron chi connectivity index (χ1n) is 6.88. The maximum absolute atomic E-state index is 12.7. The monoisotopic (exact) mass is 336 g/mol. The first-order valence-corrected chi connectivity index (χ1v) is 8.32. The molecule has 9 nitrogen and oxygen atoms in total. The Morgan fingerprint density at radius 2 is 2.04 bits per heavy atom. The minimum Gasteiger partial charge on any atom is -0.315 e. The van der Waals surface area contributed by atoms with Gasteiger partial charge in [0.05, 0.1) is 17.9 Å². The van der Waals surface area contributed by atoms with Crippen molar-refractivity contribution in [1.82, 2.24) is 24.5 Å². The highest BCUT2D eigenvalue weighted by Gasteiger charge is 2.28. The molecule has 1 amide bonds. The van der Waals surface area contributed by atoms with Crippen LogP contribution in [0.1, 0.15) is 11.4 Å². The molecule has 3 rings (SSSR count). The van der Waals surface area contributed by atoms with Gasteiger partial charge in [-0.1, -0.05) is 0 Å². The molecule has 0 aliphatic carbocycles. The smallest absolute Gasteiger partial charge is 0.243 e. The summed E-state index contributed by atoms with van der Waals surface area (Å²) in [4.78, 5) is 13.4. The zero-order valence-corrected chi connectivity index (χ0v) is 13.8. The molecule has 0 bridgehead atoms. The number of nitrogens with zero attached hydrogens (tertiary/aromatic N) is 6. The first kappa shape index (κ1) is 15.6. The molecule has 122 valence electrons. The number of fused-ring (bicyclic) bond motifs is 1. The van der Waals surface area contributed by atoms with Gasteiger partial charge in [-0.05, 0) is 34.2 Å². The van der Waals surface area contributed by atoms with Crippen molar-refractivity contribution in [3.8, 4) is 0 Å². The highest BCUT2D eigenvalue weighted by atomic mass is 32.2. The highest BCUT2D eigenvalue weighted by Crippen LogP contribution is 2.30. The summed E-state index contributed by atoms with van der Waals surface area (Å²) < 4.78 is 28.0. The van der Waals surface area contributed by atoms with Crippen LogP contribution < -0.4 is 4.90 Å². The van der Waals surface area contributed by atoms with Crippen LogP contribution in [-0.4, -0.2) is 52.9 Å². The zero-order chi connectivity index (χ0) is 16.8. The van der Waals surface area contributed by atoms with Crippen LogP contribution in [0.5, 0.6) is 0 Å². The Kier molecular flexibility index (Phi) is 3.65. The normalized spacial score (nSPS) is 14.6. The van der Waals surface area contributed by atoms with Gasteiger partial charge in [-0.15, -0.1) is 5.10 Å². The molecular weight excluding hydrogens is 320 g/mol. The van der Waals surface area contributed by atoms with Gasteiger partial charge in [0, 0.05) is 26.8 Å². The number of carbonyl (C=O) groups excluding carboxylic acids is 1. The fourth-order valence-electron chi connectivity index (χ4n) is 2.45. The van der Waals surface area contributed by atoms with Crippen LogP contribution in [0, 0.1) is 0 Å². The van der Waals surface area contributed by atoms with Gasteiger partial charge in [-0.25, -0.2) is 13.1 Å². The Morgan fingerprint density at radius 1 is 1.30 bits per heavy atom. The lowest BCUT2D eigenvalue weighted by Crippen LogP contribution is -2.28. The molecular formula is C13H16N6O3S. The highest BCUT2D eigenvalue weighted by molar-refractivity contribution is 7.89. The molecule has 0 fully saturated rings. The molecule has 0 spiro atoms. The van der Waals surface area contributed by atoms with Crippen molar-refractivity contribution in [2.24, 2.45) is 7.05 Å². The van der Waals surface area contributed by atoms with Crippen LogP contribution >= 0.6 is 0 Å². The minimum atomic E-state index is -3.69. The number of benzene rings is 1. The summed E-state index contributed by atoms with van der Waals surface area (Å²) in [5.41, 5.74) is 1.46. The third kappa shape index (κ3) is 2.59. The number of sulfonamides is 1. The van der Waals surface area contributed by atoms with Crippen molar-refractivity contribution < 1.29 is 13.2 Å². The van der Waals surface area contributed by atoms with Crippen LogP contribution in [0.2, 0.25) is 0 Å². The number of rotatable bonds is 4. The van der Waals surface area contributed by atoms with E-state index >= 15 is 0 Å². The van der Waals surface area contributed by atoms with Crippen molar-refractivity contribution in [1.29, 1.82) is 0 Å². The number of carbonyl (C=O) groups is 1. The van der Waals surface area contributed by atoms with Crippen molar-refractivity contribution in [2.75, 3.05) is 19.0 Å². The van der Waals surface area contributed by atoms with E-state index in [-0.39, 0.29) is 23.8 Å². The topological polar surface area (TPSA) is 101 Å². The SMILES string of the molecule is CN1C(=O)Cc2cc(S(=O)(=O)N(C)Cc3nnnn3C)ccc21. The Morgan fingerprint density at radius 3 is 2.70 bits per heavy atom. The number of likely N-dealkylation sites (N-methyl/N-ethyl adjacent to an activating group) is 1. The van der Waals surface area contributed by atoms with Gasteiger partial charge in [0.15, 0.2) is 5.82 Å². The molecule has 0 unspecified atom stereocenters.